The van der Waals surface area contributed by atoms with Crippen LogP contribution in [0.25, 0.3) is 20.9 Å². The van der Waals surface area contributed by atoms with Crippen LogP contribution < -0.4 is 0 Å². The van der Waals surface area contributed by atoms with Crippen LogP contribution in [-0.2, 0) is 0 Å². The molecule has 0 amide bonds. The summed E-state index contributed by atoms with van der Waals surface area (Å²) in [6, 6.07) is 12.3. The zero-order chi connectivity index (χ0) is 11.5. The van der Waals surface area contributed by atoms with Crippen molar-refractivity contribution in [3.8, 4) is 20.9 Å². The van der Waals surface area contributed by atoms with Crippen LogP contribution in [0, 0.1) is 0 Å². The molecule has 0 fully saturated rings. The molecule has 0 saturated carbocycles. The van der Waals surface area contributed by atoms with Gasteiger partial charge in [0, 0.05) is 45.7 Å². The summed E-state index contributed by atoms with van der Waals surface area (Å²) in [5, 5.41) is 0. The van der Waals surface area contributed by atoms with Gasteiger partial charge in [0.05, 0.1) is 0 Å². The zero-order valence-corrected chi connectivity index (χ0v) is 9.89. The van der Waals surface area contributed by atoms with Gasteiger partial charge in [-0.25, -0.2) is 0 Å². The van der Waals surface area contributed by atoms with Crippen molar-refractivity contribution in [2.24, 2.45) is 0 Å². The summed E-state index contributed by atoms with van der Waals surface area (Å²) in [5.41, 5.74) is 2.32. The minimum Gasteiger partial charge on any atom is -0.264 e. The molecule has 3 aromatic rings. The Morgan fingerprint density at radius 3 is 1.65 bits per heavy atom. The van der Waals surface area contributed by atoms with Gasteiger partial charge in [-0.3, -0.25) is 9.97 Å². The Morgan fingerprint density at radius 1 is 0.706 bits per heavy atom. The molecular formula is C14H10N2S. The maximum Gasteiger partial charge on any atom is 0.0364 e. The molecule has 3 heterocycles. The first-order valence-electron chi connectivity index (χ1n) is 5.34. The molecule has 3 heteroatoms. The summed E-state index contributed by atoms with van der Waals surface area (Å²) >= 11 is 1.76. The van der Waals surface area contributed by atoms with E-state index in [-0.39, 0.29) is 0 Å². The Morgan fingerprint density at radius 2 is 1.24 bits per heavy atom. The van der Waals surface area contributed by atoms with Gasteiger partial charge in [-0.15, -0.1) is 11.3 Å². The van der Waals surface area contributed by atoms with Crippen LogP contribution in [0.2, 0.25) is 0 Å². The van der Waals surface area contributed by atoms with Crippen LogP contribution in [0.3, 0.4) is 0 Å². The van der Waals surface area contributed by atoms with Crippen molar-refractivity contribution in [2.45, 2.75) is 0 Å². The Labute approximate surface area is 104 Å². The molecule has 3 rings (SSSR count). The van der Waals surface area contributed by atoms with E-state index in [9.17, 15) is 0 Å². The number of rotatable bonds is 2. The fourth-order valence-electron chi connectivity index (χ4n) is 1.67. The second-order valence-electron chi connectivity index (χ2n) is 3.65. The normalized spacial score (nSPS) is 10.4. The van der Waals surface area contributed by atoms with E-state index in [0.29, 0.717) is 0 Å². The molecule has 0 unspecified atom stereocenters. The van der Waals surface area contributed by atoms with Gasteiger partial charge >= 0.3 is 0 Å². The lowest BCUT2D eigenvalue weighted by Crippen LogP contribution is -1.73. The maximum atomic E-state index is 4.14. The third-order valence-corrected chi connectivity index (χ3v) is 3.68. The molecule has 0 atom stereocenters. The highest BCUT2D eigenvalue weighted by atomic mass is 32.1. The van der Waals surface area contributed by atoms with Gasteiger partial charge in [0.15, 0.2) is 0 Å². The number of thiophene rings is 1. The zero-order valence-electron chi connectivity index (χ0n) is 9.08. The SMILES string of the molecule is c1cncc(-c2ccc(-c3cccnc3)s2)c1. The molecule has 0 aliphatic heterocycles. The van der Waals surface area contributed by atoms with Gasteiger partial charge < -0.3 is 0 Å². The third kappa shape index (κ3) is 2.10. The number of nitrogens with zero attached hydrogens (tertiary/aromatic N) is 2. The number of pyridine rings is 2. The molecule has 0 aliphatic rings. The Balaban J connectivity index is 1.99. The van der Waals surface area contributed by atoms with Gasteiger partial charge in [0.2, 0.25) is 0 Å². The lowest BCUT2D eigenvalue weighted by atomic mass is 10.2. The summed E-state index contributed by atoms with van der Waals surface area (Å²) in [6.07, 6.45) is 7.36. The molecule has 0 spiro atoms. The first kappa shape index (κ1) is 10.2. The molecule has 3 aromatic heterocycles. The second-order valence-corrected chi connectivity index (χ2v) is 4.73. The Hall–Kier alpha value is -2.00. The van der Waals surface area contributed by atoms with Gasteiger partial charge in [-0.05, 0) is 24.3 Å². The molecule has 0 aromatic carbocycles. The minimum atomic E-state index is 1.16. The first-order chi connectivity index (χ1) is 8.43. The van der Waals surface area contributed by atoms with Gasteiger partial charge in [-0.1, -0.05) is 12.1 Å². The predicted octanol–water partition coefficient (Wildman–Crippen LogP) is 3.87. The van der Waals surface area contributed by atoms with Gasteiger partial charge in [-0.2, -0.15) is 0 Å². The van der Waals surface area contributed by atoms with Crippen molar-refractivity contribution in [1.82, 2.24) is 9.97 Å². The van der Waals surface area contributed by atoms with Crippen molar-refractivity contribution in [3.63, 3.8) is 0 Å². The summed E-state index contributed by atoms with van der Waals surface area (Å²) in [6.45, 7) is 0. The highest BCUT2D eigenvalue weighted by Gasteiger charge is 2.04. The van der Waals surface area contributed by atoms with Crippen LogP contribution in [0.15, 0.2) is 61.2 Å². The van der Waals surface area contributed by atoms with E-state index in [4.69, 9.17) is 0 Å². The van der Waals surface area contributed by atoms with E-state index in [2.05, 4.69) is 34.2 Å². The van der Waals surface area contributed by atoms with Crippen LogP contribution in [-0.4, -0.2) is 9.97 Å². The quantitative estimate of drug-likeness (QED) is 0.677. The number of aromatic nitrogens is 2. The lowest BCUT2D eigenvalue weighted by molar-refractivity contribution is 1.33. The summed E-state index contributed by atoms with van der Waals surface area (Å²) in [7, 11) is 0. The monoisotopic (exact) mass is 238 g/mol. The lowest BCUT2D eigenvalue weighted by Gasteiger charge is -1.96. The van der Waals surface area contributed by atoms with Gasteiger partial charge in [0.1, 0.15) is 0 Å². The van der Waals surface area contributed by atoms with E-state index in [1.807, 2.05) is 24.5 Å². The molecular weight excluding hydrogens is 228 g/mol. The van der Waals surface area contributed by atoms with Crippen LogP contribution in [0.5, 0.6) is 0 Å². The second kappa shape index (κ2) is 4.47. The molecule has 0 aliphatic carbocycles. The predicted molar refractivity (Wildman–Crippen MR) is 70.8 cm³/mol. The fraction of sp³-hybridized carbons (Fsp3) is 0. The molecule has 0 bridgehead atoms. The summed E-state index contributed by atoms with van der Waals surface area (Å²) < 4.78 is 0. The Bertz CT molecular complexity index is 548. The summed E-state index contributed by atoms with van der Waals surface area (Å²) in [4.78, 5) is 10.7. The van der Waals surface area contributed by atoms with Crippen LogP contribution in [0.4, 0.5) is 0 Å². The number of hydrogen-bond acceptors (Lipinski definition) is 3. The van der Waals surface area contributed by atoms with E-state index in [1.165, 1.54) is 9.75 Å². The topological polar surface area (TPSA) is 25.8 Å². The third-order valence-electron chi connectivity index (χ3n) is 2.50. The largest absolute Gasteiger partial charge is 0.264 e. The summed E-state index contributed by atoms with van der Waals surface area (Å²) in [5.74, 6) is 0. The minimum absolute atomic E-state index is 1.16. The van der Waals surface area contributed by atoms with E-state index < -0.39 is 0 Å². The average Bonchev–Trinajstić information content (AvgIpc) is 2.90. The highest BCUT2D eigenvalue weighted by Crippen LogP contribution is 2.33. The van der Waals surface area contributed by atoms with Crippen LogP contribution in [0.1, 0.15) is 0 Å². The molecule has 0 radical (unpaired) electrons. The maximum absolute atomic E-state index is 4.14. The molecule has 82 valence electrons. The van der Waals surface area contributed by atoms with E-state index in [1.54, 1.807) is 23.7 Å². The molecule has 2 nitrogen and oxygen atoms in total. The highest BCUT2D eigenvalue weighted by molar-refractivity contribution is 7.18. The van der Waals surface area contributed by atoms with E-state index >= 15 is 0 Å². The van der Waals surface area contributed by atoms with Crippen molar-refractivity contribution in [1.29, 1.82) is 0 Å². The standard InChI is InChI=1S/C14H10N2S/c1-3-11(9-15-7-1)13-5-6-14(17-13)12-4-2-8-16-10-12/h1-10H. The smallest absolute Gasteiger partial charge is 0.0364 e. The van der Waals surface area contributed by atoms with Crippen molar-refractivity contribution >= 4 is 11.3 Å². The van der Waals surface area contributed by atoms with E-state index in [0.717, 1.165) is 11.1 Å². The van der Waals surface area contributed by atoms with Gasteiger partial charge in [0.25, 0.3) is 0 Å². The molecule has 0 saturated heterocycles. The average molecular weight is 238 g/mol. The van der Waals surface area contributed by atoms with Crippen molar-refractivity contribution < 1.29 is 0 Å². The Kier molecular flexibility index (Phi) is 2.68. The number of hydrogen-bond donors (Lipinski definition) is 0. The molecule has 17 heavy (non-hydrogen) atoms. The van der Waals surface area contributed by atoms with Crippen molar-refractivity contribution in [3.05, 3.63) is 61.2 Å². The van der Waals surface area contributed by atoms with Crippen LogP contribution >= 0.6 is 11.3 Å². The fourth-order valence-corrected chi connectivity index (χ4v) is 2.65. The van der Waals surface area contributed by atoms with Crippen molar-refractivity contribution in [2.75, 3.05) is 0 Å². The first-order valence-corrected chi connectivity index (χ1v) is 6.16. The molecule has 0 N–H and O–H groups in total.